The number of hydrogen-bond acceptors (Lipinski definition) is 4. The Labute approximate surface area is 217 Å². The minimum Gasteiger partial charge on any atom is -0.175 e. The summed E-state index contributed by atoms with van der Waals surface area (Å²) >= 11 is 21.0. The summed E-state index contributed by atoms with van der Waals surface area (Å²) in [6.45, 7) is 0. The van der Waals surface area contributed by atoms with E-state index in [2.05, 4.69) is 73.3 Å². The molecule has 172 valence electrons. The van der Waals surface area contributed by atoms with Crippen molar-refractivity contribution >= 4 is 50.5 Å². The van der Waals surface area contributed by atoms with Gasteiger partial charge < -0.3 is 0 Å². The number of thiol groups is 4. The molecule has 0 saturated heterocycles. The summed E-state index contributed by atoms with van der Waals surface area (Å²) < 4.78 is -0.337. The van der Waals surface area contributed by atoms with Crippen LogP contribution in [0.5, 0.6) is 0 Å². The van der Waals surface area contributed by atoms with Gasteiger partial charge in [-0.2, -0.15) is 50.5 Å². The number of rotatable bonds is 9. The molecule has 2 unspecified atom stereocenters. The molecule has 0 N–H and O–H groups in total. The minimum atomic E-state index is -0.318. The highest BCUT2D eigenvalue weighted by Crippen LogP contribution is 2.67. The Morgan fingerprint density at radius 3 is 1.94 bits per heavy atom. The van der Waals surface area contributed by atoms with Gasteiger partial charge in [0.15, 0.2) is 0 Å². The Morgan fingerprint density at radius 2 is 1.38 bits per heavy atom. The Hall–Kier alpha value is -0.160. The van der Waals surface area contributed by atoms with Gasteiger partial charge >= 0.3 is 0 Å². The molecule has 0 nitrogen and oxygen atoms in total. The average molecular weight is 501 g/mol. The summed E-state index contributed by atoms with van der Waals surface area (Å²) in [5.74, 6) is 2.26. The van der Waals surface area contributed by atoms with Gasteiger partial charge in [0, 0.05) is 20.7 Å². The average Bonchev–Trinajstić information content (AvgIpc) is 3.47. The second kappa shape index (κ2) is 10.6. The highest BCUT2D eigenvalue weighted by atomic mass is 32.1. The highest BCUT2D eigenvalue weighted by molar-refractivity contribution is 7.88. The molecule has 0 amide bonds. The van der Waals surface area contributed by atoms with Crippen LogP contribution in [-0.4, -0.2) is 9.49 Å². The molecule has 0 heterocycles. The Bertz CT molecular complexity index is 840. The standard InChI is InChI=1S/C28H36S4/c29-21-11-16-24(22-12-3-1-4-13-22)28(23-14-5-2-6-15-23,27(32)19-9-10-20-27)25(30)26(31)17-7-8-18-26/h1-6,12-15,21,24,29-32H,7-11,16-20H2. The van der Waals surface area contributed by atoms with Gasteiger partial charge in [0.1, 0.15) is 0 Å². The lowest BCUT2D eigenvalue weighted by atomic mass is 9.54. The molecule has 2 aliphatic carbocycles. The van der Waals surface area contributed by atoms with Crippen LogP contribution in [0.4, 0.5) is 0 Å². The zero-order valence-corrected chi connectivity index (χ0v) is 22.4. The maximum Gasteiger partial charge on any atom is 0.0556 e. The van der Waals surface area contributed by atoms with Crippen molar-refractivity contribution < 1.29 is 0 Å². The van der Waals surface area contributed by atoms with E-state index in [1.54, 1.807) is 0 Å². The first kappa shape index (κ1) is 24.9. The van der Waals surface area contributed by atoms with E-state index in [1.807, 2.05) is 5.75 Å². The van der Waals surface area contributed by atoms with E-state index >= 15 is 0 Å². The van der Waals surface area contributed by atoms with Crippen LogP contribution in [0, 0.1) is 11.0 Å². The van der Waals surface area contributed by atoms with E-state index in [9.17, 15) is 0 Å². The van der Waals surface area contributed by atoms with Crippen molar-refractivity contribution in [2.75, 3.05) is 0 Å². The van der Waals surface area contributed by atoms with E-state index < -0.39 is 0 Å². The van der Waals surface area contributed by atoms with Crippen molar-refractivity contribution in [3.63, 3.8) is 0 Å². The van der Waals surface area contributed by atoms with Gasteiger partial charge in [-0.05, 0) is 55.6 Å². The Kier molecular flexibility index (Phi) is 8.28. The lowest BCUT2D eigenvalue weighted by Crippen LogP contribution is -2.57. The maximum absolute atomic E-state index is 5.62. The molecular formula is C28H36S4. The van der Waals surface area contributed by atoms with Crippen LogP contribution in [0.1, 0.15) is 81.3 Å². The maximum atomic E-state index is 5.62. The van der Waals surface area contributed by atoms with Crippen molar-refractivity contribution in [2.45, 2.75) is 85.0 Å². The van der Waals surface area contributed by atoms with Crippen LogP contribution in [-0.2, 0) is 5.41 Å². The molecule has 2 aromatic rings. The van der Waals surface area contributed by atoms with Crippen molar-refractivity contribution in [1.29, 1.82) is 0 Å². The first-order chi connectivity index (χ1) is 15.5. The van der Waals surface area contributed by atoms with Crippen molar-refractivity contribution in [1.82, 2.24) is 0 Å². The normalized spacial score (nSPS) is 22.7. The van der Waals surface area contributed by atoms with Crippen molar-refractivity contribution in [2.24, 2.45) is 0 Å². The molecule has 2 aromatic carbocycles. The van der Waals surface area contributed by atoms with E-state index in [1.165, 1.54) is 42.1 Å². The van der Waals surface area contributed by atoms with E-state index in [0.717, 1.165) is 38.5 Å². The predicted molar refractivity (Wildman–Crippen MR) is 152 cm³/mol. The smallest absolute Gasteiger partial charge is 0.0556 e. The molecule has 4 rings (SSSR count). The molecule has 0 aliphatic heterocycles. The van der Waals surface area contributed by atoms with Crippen LogP contribution < -0.4 is 0 Å². The minimum absolute atomic E-state index is 0.166. The SMILES string of the molecule is S[CH]CCC(c1ccccc1)C([C](S)C1(S)CCCC1)(c1ccccc1)C1(S)CCCC1. The predicted octanol–water partition coefficient (Wildman–Crippen LogP) is 8.53. The summed E-state index contributed by atoms with van der Waals surface area (Å²) in [4.78, 5) is 0. The summed E-state index contributed by atoms with van der Waals surface area (Å²) in [5.41, 5.74) is 2.39. The largest absolute Gasteiger partial charge is 0.175 e. The third-order valence-electron chi connectivity index (χ3n) is 7.95. The van der Waals surface area contributed by atoms with Crippen LogP contribution in [0.3, 0.4) is 0 Å². The van der Waals surface area contributed by atoms with Gasteiger partial charge in [0.05, 0.1) is 5.25 Å². The second-order valence-electron chi connectivity index (χ2n) is 9.72. The first-order valence-electron chi connectivity index (χ1n) is 12.1. The number of hydrogen-bond donors (Lipinski definition) is 4. The van der Waals surface area contributed by atoms with Gasteiger partial charge in [-0.15, -0.1) is 0 Å². The number of benzene rings is 2. The van der Waals surface area contributed by atoms with Gasteiger partial charge in [-0.25, -0.2) is 0 Å². The third kappa shape index (κ3) is 4.43. The first-order valence-corrected chi connectivity index (χ1v) is 13.9. The van der Waals surface area contributed by atoms with E-state index in [0.29, 0.717) is 0 Å². The molecule has 2 aliphatic rings. The van der Waals surface area contributed by atoms with Crippen molar-refractivity contribution in [3.8, 4) is 0 Å². The molecule has 2 saturated carbocycles. The highest BCUT2D eigenvalue weighted by Gasteiger charge is 2.63. The fourth-order valence-corrected chi connectivity index (χ4v) is 8.66. The molecule has 4 heteroatoms. The fraction of sp³-hybridized carbons (Fsp3) is 0.500. The molecule has 0 bridgehead atoms. The van der Waals surface area contributed by atoms with Crippen LogP contribution in [0.15, 0.2) is 60.7 Å². The summed E-state index contributed by atoms with van der Waals surface area (Å²) in [6, 6.07) is 22.2. The molecule has 2 radical (unpaired) electrons. The van der Waals surface area contributed by atoms with Gasteiger partial charge in [-0.3, -0.25) is 0 Å². The monoisotopic (exact) mass is 500 g/mol. The lowest BCUT2D eigenvalue weighted by molar-refractivity contribution is 0.256. The van der Waals surface area contributed by atoms with Crippen LogP contribution >= 0.6 is 50.5 Å². The van der Waals surface area contributed by atoms with Gasteiger partial charge in [-0.1, -0.05) is 86.3 Å². The topological polar surface area (TPSA) is 0 Å². The van der Waals surface area contributed by atoms with Gasteiger partial charge in [0.25, 0.3) is 0 Å². The zero-order chi connectivity index (χ0) is 22.7. The van der Waals surface area contributed by atoms with Gasteiger partial charge in [0.2, 0.25) is 0 Å². The Morgan fingerprint density at radius 1 is 0.844 bits per heavy atom. The van der Waals surface area contributed by atoms with Crippen LogP contribution in [0.25, 0.3) is 0 Å². The van der Waals surface area contributed by atoms with E-state index in [-0.39, 0.29) is 20.8 Å². The van der Waals surface area contributed by atoms with Crippen molar-refractivity contribution in [3.05, 3.63) is 82.8 Å². The molecule has 0 spiro atoms. The fourth-order valence-electron chi connectivity index (χ4n) is 6.50. The summed E-state index contributed by atoms with van der Waals surface area (Å²) in [5, 5.41) is 1.24. The molecule has 2 fully saturated rings. The zero-order valence-electron chi connectivity index (χ0n) is 18.8. The third-order valence-corrected chi connectivity index (χ3v) is 10.6. The van der Waals surface area contributed by atoms with Crippen LogP contribution in [0.2, 0.25) is 0 Å². The molecular weight excluding hydrogens is 465 g/mol. The molecule has 2 atom stereocenters. The van der Waals surface area contributed by atoms with E-state index in [4.69, 9.17) is 37.9 Å². The lowest BCUT2D eigenvalue weighted by Gasteiger charge is -2.58. The molecule has 0 aromatic heterocycles. The second-order valence-corrected chi connectivity index (χ2v) is 12.2. The Balaban J connectivity index is 2.00. The quantitative estimate of drug-likeness (QED) is 0.244. The summed E-state index contributed by atoms with van der Waals surface area (Å²) in [7, 11) is 0. The molecule has 32 heavy (non-hydrogen) atoms. The summed E-state index contributed by atoms with van der Waals surface area (Å²) in [6.07, 6.45) is 11.2.